The van der Waals surface area contributed by atoms with E-state index in [1.165, 1.54) is 35.1 Å². The van der Waals surface area contributed by atoms with Crippen molar-refractivity contribution in [1.82, 2.24) is 9.80 Å². The zero-order valence-electron chi connectivity index (χ0n) is 29.7. The maximum atomic E-state index is 5.97. The van der Waals surface area contributed by atoms with E-state index in [2.05, 4.69) is 127 Å². The molecule has 0 aliphatic rings. The molecule has 0 saturated heterocycles. The second-order valence-electron chi connectivity index (χ2n) is 13.0. The Bertz CT molecular complexity index is 1190. The molecule has 0 radical (unpaired) electrons. The molecular weight excluding hydrogens is 625 g/mol. The normalized spacial score (nSPS) is 15.4. The molecule has 4 atom stereocenters. The zero-order valence-corrected chi connectivity index (χ0v) is 32.9. The number of rotatable bonds is 18. The SMILES string of the molecule is C=Cc1ccc(CC(C)(CCC)CC(c2ccc(CC(C)(CC)SC(=S)N(CC)CC)cc2)C(C)SC(=S)N(CC)CC)cc1. The van der Waals surface area contributed by atoms with Crippen LogP contribution >= 0.6 is 48.0 Å². The number of benzene rings is 2. The van der Waals surface area contributed by atoms with Gasteiger partial charge in [0.2, 0.25) is 0 Å². The molecule has 2 rings (SSSR count). The van der Waals surface area contributed by atoms with Crippen molar-refractivity contribution < 1.29 is 0 Å². The molecule has 0 amide bonds. The van der Waals surface area contributed by atoms with Crippen LogP contribution in [0.2, 0.25) is 0 Å². The Balaban J connectivity index is 2.40. The first-order valence-corrected chi connectivity index (χ1v) is 19.6. The van der Waals surface area contributed by atoms with E-state index in [1.54, 1.807) is 0 Å². The maximum absolute atomic E-state index is 5.97. The Morgan fingerprint density at radius 3 is 1.80 bits per heavy atom. The molecule has 0 N–H and O–H groups in total. The summed E-state index contributed by atoms with van der Waals surface area (Å²) in [5.41, 5.74) is 5.57. The molecule has 0 aliphatic carbocycles. The summed E-state index contributed by atoms with van der Waals surface area (Å²) >= 11 is 15.6. The summed E-state index contributed by atoms with van der Waals surface area (Å²) in [7, 11) is 0. The first-order chi connectivity index (χ1) is 21.4. The minimum atomic E-state index is 0.0700. The number of hydrogen-bond acceptors (Lipinski definition) is 4. The number of thioether (sulfide) groups is 2. The zero-order chi connectivity index (χ0) is 33.6. The Labute approximate surface area is 296 Å². The average molecular weight is 685 g/mol. The van der Waals surface area contributed by atoms with E-state index < -0.39 is 0 Å². The minimum Gasteiger partial charge on any atom is -0.358 e. The van der Waals surface area contributed by atoms with Crippen LogP contribution in [-0.2, 0) is 12.8 Å². The van der Waals surface area contributed by atoms with Crippen LogP contribution in [0.4, 0.5) is 0 Å². The van der Waals surface area contributed by atoms with E-state index in [0.29, 0.717) is 11.2 Å². The first kappa shape index (κ1) is 39.8. The van der Waals surface area contributed by atoms with Crippen LogP contribution < -0.4 is 0 Å². The summed E-state index contributed by atoms with van der Waals surface area (Å²) < 4.78 is 2.11. The summed E-state index contributed by atoms with van der Waals surface area (Å²) in [6.45, 7) is 28.4. The van der Waals surface area contributed by atoms with Crippen LogP contribution in [0.1, 0.15) is 116 Å². The summed E-state index contributed by atoms with van der Waals surface area (Å²) in [5.74, 6) is 0.392. The van der Waals surface area contributed by atoms with E-state index in [-0.39, 0.29) is 10.2 Å². The molecule has 0 aliphatic heterocycles. The molecule has 6 heteroatoms. The maximum Gasteiger partial charge on any atom is 0.136 e. The van der Waals surface area contributed by atoms with E-state index in [4.69, 9.17) is 24.4 Å². The van der Waals surface area contributed by atoms with Crippen molar-refractivity contribution in [2.24, 2.45) is 5.41 Å². The third-order valence-corrected chi connectivity index (χ3v) is 13.0. The second kappa shape index (κ2) is 19.5. The van der Waals surface area contributed by atoms with Gasteiger partial charge in [-0.2, -0.15) is 0 Å². The summed E-state index contributed by atoms with van der Waals surface area (Å²) in [6, 6.07) is 18.5. The van der Waals surface area contributed by atoms with Crippen molar-refractivity contribution in [3.05, 3.63) is 77.4 Å². The first-order valence-electron chi connectivity index (χ1n) is 17.1. The summed E-state index contributed by atoms with van der Waals surface area (Å²) in [5, 5.41) is 0.367. The molecule has 0 fully saturated rings. The molecule has 0 spiro atoms. The van der Waals surface area contributed by atoms with Gasteiger partial charge in [0.1, 0.15) is 8.64 Å². The van der Waals surface area contributed by atoms with Gasteiger partial charge in [-0.3, -0.25) is 0 Å². The van der Waals surface area contributed by atoms with Gasteiger partial charge in [-0.05, 0) is 100 Å². The van der Waals surface area contributed by atoms with Gasteiger partial charge in [-0.25, -0.2) is 0 Å². The van der Waals surface area contributed by atoms with Crippen LogP contribution in [-0.4, -0.2) is 54.6 Å². The fourth-order valence-electron chi connectivity index (χ4n) is 6.32. The van der Waals surface area contributed by atoms with E-state index in [0.717, 1.165) is 60.5 Å². The van der Waals surface area contributed by atoms with Gasteiger partial charge < -0.3 is 9.80 Å². The third kappa shape index (κ3) is 12.3. The number of hydrogen-bond donors (Lipinski definition) is 0. The quantitative estimate of drug-likeness (QED) is 0.143. The predicted molar refractivity (Wildman–Crippen MR) is 215 cm³/mol. The third-order valence-electron chi connectivity index (χ3n) is 9.38. The van der Waals surface area contributed by atoms with E-state index in [9.17, 15) is 0 Å². The Morgan fingerprint density at radius 1 is 0.800 bits per heavy atom. The van der Waals surface area contributed by atoms with Crippen molar-refractivity contribution in [3.8, 4) is 0 Å². The molecule has 0 aromatic heterocycles. The largest absolute Gasteiger partial charge is 0.358 e. The monoisotopic (exact) mass is 684 g/mol. The van der Waals surface area contributed by atoms with Crippen molar-refractivity contribution in [2.45, 2.75) is 117 Å². The van der Waals surface area contributed by atoms with Gasteiger partial charge >= 0.3 is 0 Å². The second-order valence-corrected chi connectivity index (χ2v) is 17.2. The number of nitrogens with zero attached hydrogens (tertiary/aromatic N) is 2. The van der Waals surface area contributed by atoms with Crippen LogP contribution in [0, 0.1) is 5.41 Å². The highest BCUT2D eigenvalue weighted by Gasteiger charge is 2.33. The van der Waals surface area contributed by atoms with Gasteiger partial charge in [-0.1, -0.05) is 143 Å². The minimum absolute atomic E-state index is 0.0700. The van der Waals surface area contributed by atoms with Crippen molar-refractivity contribution in [1.29, 1.82) is 0 Å². The van der Waals surface area contributed by atoms with Crippen LogP contribution in [0.5, 0.6) is 0 Å². The lowest BCUT2D eigenvalue weighted by atomic mass is 9.71. The highest BCUT2D eigenvalue weighted by Crippen LogP contribution is 2.44. The van der Waals surface area contributed by atoms with Gasteiger partial charge in [0, 0.05) is 36.2 Å². The molecular formula is C39H60N2S4. The molecule has 2 aromatic carbocycles. The van der Waals surface area contributed by atoms with Crippen LogP contribution in [0.3, 0.4) is 0 Å². The highest BCUT2D eigenvalue weighted by molar-refractivity contribution is 8.24. The topological polar surface area (TPSA) is 6.48 Å². The van der Waals surface area contributed by atoms with Gasteiger partial charge in [-0.15, -0.1) is 0 Å². The Kier molecular flexibility index (Phi) is 17.2. The van der Waals surface area contributed by atoms with Crippen LogP contribution in [0.25, 0.3) is 6.08 Å². The molecule has 2 aromatic rings. The lowest BCUT2D eigenvalue weighted by Gasteiger charge is -2.37. The van der Waals surface area contributed by atoms with Crippen molar-refractivity contribution in [3.63, 3.8) is 0 Å². The molecule has 4 unspecified atom stereocenters. The van der Waals surface area contributed by atoms with Crippen molar-refractivity contribution >= 4 is 62.7 Å². The van der Waals surface area contributed by atoms with E-state index in [1.807, 2.05) is 29.6 Å². The molecule has 0 bridgehead atoms. The molecule has 0 saturated carbocycles. The number of thiocarbonyl (C=S) groups is 2. The highest BCUT2D eigenvalue weighted by atomic mass is 32.2. The Hall–Kier alpha value is -1.34. The Morgan fingerprint density at radius 2 is 1.31 bits per heavy atom. The predicted octanol–water partition coefficient (Wildman–Crippen LogP) is 11.7. The summed E-state index contributed by atoms with van der Waals surface area (Å²) in [6.07, 6.45) is 8.57. The molecule has 0 heterocycles. The smallest absolute Gasteiger partial charge is 0.136 e. The molecule has 45 heavy (non-hydrogen) atoms. The van der Waals surface area contributed by atoms with Gasteiger partial charge in [0.15, 0.2) is 0 Å². The van der Waals surface area contributed by atoms with Gasteiger partial charge in [0.25, 0.3) is 0 Å². The standard InChI is InChI=1S/C39H60N2S4/c1-11-26-38(9,27-32-20-18-31(12-2)19-21-32)29-35(30(8)44-36(42)40(14-4)15-5)34-24-22-33(23-25-34)28-39(10,13-3)45-37(43)41(16-6)17-7/h12,18-25,30,35H,2,11,13-17,26-29H2,1,3-10H3. The fourth-order valence-corrected chi connectivity index (χ4v) is 10.2. The van der Waals surface area contributed by atoms with E-state index >= 15 is 0 Å². The average Bonchev–Trinajstić information content (AvgIpc) is 3.02. The van der Waals surface area contributed by atoms with Gasteiger partial charge in [0.05, 0.1) is 0 Å². The molecule has 250 valence electrons. The summed E-state index contributed by atoms with van der Waals surface area (Å²) in [4.78, 5) is 4.61. The lowest BCUT2D eigenvalue weighted by Crippen LogP contribution is -2.33. The fraction of sp³-hybridized carbons (Fsp3) is 0.590. The lowest BCUT2D eigenvalue weighted by molar-refractivity contribution is 0.243. The van der Waals surface area contributed by atoms with Crippen molar-refractivity contribution in [2.75, 3.05) is 26.2 Å². The van der Waals surface area contributed by atoms with Crippen LogP contribution in [0.15, 0.2) is 55.1 Å². The molecule has 2 nitrogen and oxygen atoms in total.